The Labute approximate surface area is 211 Å². The van der Waals surface area contributed by atoms with Crippen LogP contribution in [0, 0.1) is 6.07 Å². The zero-order chi connectivity index (χ0) is 19.5. The van der Waals surface area contributed by atoms with Crippen LogP contribution in [0.5, 0.6) is 0 Å². The second-order valence-electron chi connectivity index (χ2n) is 6.58. The van der Waals surface area contributed by atoms with Crippen molar-refractivity contribution in [3.05, 3.63) is 53.6 Å². The summed E-state index contributed by atoms with van der Waals surface area (Å²) in [5, 5.41) is 6.19. The van der Waals surface area contributed by atoms with E-state index in [-0.39, 0.29) is 82.3 Å². The van der Waals surface area contributed by atoms with Gasteiger partial charge < -0.3 is 20.0 Å². The standard InChI is InChI=1S/C19H23N2O4S.2Na/c1-12(2)20-15-7-5-14(6-8-15)19(22)17-10-9-16(21-13(3)4)11-18(17)26(23,24)25;;/h5,7-13,20-21H,1-4H3,(H,23,24,25);;/q-1;2*+1/p-1. The predicted molar refractivity (Wildman–Crippen MR) is 101 cm³/mol. The van der Waals surface area contributed by atoms with Gasteiger partial charge in [-0.1, -0.05) is 6.07 Å². The fraction of sp³-hybridized carbons (Fsp3) is 0.316. The Balaban J connectivity index is 0.00000364. The first-order valence-corrected chi connectivity index (χ1v) is 9.68. The van der Waals surface area contributed by atoms with E-state index in [1.807, 2.05) is 27.7 Å². The van der Waals surface area contributed by atoms with Crippen molar-refractivity contribution in [3.8, 4) is 0 Å². The third kappa shape index (κ3) is 7.80. The zero-order valence-corrected chi connectivity index (χ0v) is 22.0. The Morgan fingerprint density at radius 1 is 0.964 bits per heavy atom. The molecule has 0 saturated carbocycles. The molecule has 9 heteroatoms. The molecule has 0 radical (unpaired) electrons. The molecular formula is C19H22N2Na2O4S. The molecule has 0 spiro atoms. The molecule has 2 aromatic rings. The van der Waals surface area contributed by atoms with Crippen molar-refractivity contribution in [2.24, 2.45) is 0 Å². The number of hydrogen-bond donors (Lipinski definition) is 2. The fourth-order valence-corrected chi connectivity index (χ4v) is 3.18. The van der Waals surface area contributed by atoms with E-state index in [9.17, 15) is 17.8 Å². The Kier molecular flexibility index (Phi) is 11.6. The van der Waals surface area contributed by atoms with Crippen molar-refractivity contribution < 1.29 is 76.9 Å². The molecule has 2 rings (SSSR count). The molecule has 0 saturated heterocycles. The van der Waals surface area contributed by atoms with Gasteiger partial charge in [0.05, 0.1) is 4.90 Å². The summed E-state index contributed by atoms with van der Waals surface area (Å²) in [6.45, 7) is 7.73. The smallest absolute Gasteiger partial charge is 0.744 e. The number of ketones is 1. The van der Waals surface area contributed by atoms with Gasteiger partial charge in [0.25, 0.3) is 0 Å². The van der Waals surface area contributed by atoms with Crippen molar-refractivity contribution in [3.63, 3.8) is 0 Å². The summed E-state index contributed by atoms with van der Waals surface area (Å²) >= 11 is 0. The van der Waals surface area contributed by atoms with Crippen LogP contribution in [0.1, 0.15) is 43.6 Å². The summed E-state index contributed by atoms with van der Waals surface area (Å²) in [7, 11) is -4.81. The number of nitrogens with one attached hydrogen (secondary N) is 2. The normalized spacial score (nSPS) is 10.8. The summed E-state index contributed by atoms with van der Waals surface area (Å²) < 4.78 is 34.9. The number of rotatable bonds is 7. The van der Waals surface area contributed by atoms with E-state index in [2.05, 4.69) is 16.7 Å². The third-order valence-corrected chi connectivity index (χ3v) is 4.34. The minimum Gasteiger partial charge on any atom is -0.744 e. The van der Waals surface area contributed by atoms with Crippen LogP contribution in [0.15, 0.2) is 41.3 Å². The van der Waals surface area contributed by atoms with Gasteiger partial charge in [-0.15, -0.1) is 29.8 Å². The topological polar surface area (TPSA) is 98.3 Å². The predicted octanol–water partition coefficient (Wildman–Crippen LogP) is -2.73. The van der Waals surface area contributed by atoms with E-state index < -0.39 is 20.8 Å². The van der Waals surface area contributed by atoms with Gasteiger partial charge in [-0.05, 0) is 51.1 Å². The molecule has 0 aliphatic rings. The van der Waals surface area contributed by atoms with Crippen LogP contribution in [0.2, 0.25) is 0 Å². The van der Waals surface area contributed by atoms with Gasteiger partial charge >= 0.3 is 59.1 Å². The number of carbonyl (C=O) groups excluding carboxylic acids is 1. The molecule has 6 nitrogen and oxygen atoms in total. The Hall–Kier alpha value is -0.380. The van der Waals surface area contributed by atoms with Gasteiger partial charge in [-0.25, -0.2) is 8.42 Å². The maximum Gasteiger partial charge on any atom is 1.00 e. The molecule has 0 heterocycles. The molecule has 2 aromatic carbocycles. The second kappa shape index (κ2) is 11.7. The van der Waals surface area contributed by atoms with Crippen molar-refractivity contribution in [1.82, 2.24) is 0 Å². The van der Waals surface area contributed by atoms with E-state index in [0.717, 1.165) is 5.69 Å². The van der Waals surface area contributed by atoms with Crippen LogP contribution in [0.4, 0.5) is 11.4 Å². The third-order valence-electron chi connectivity index (χ3n) is 3.46. The maximum absolute atomic E-state index is 12.7. The fourth-order valence-electron chi connectivity index (χ4n) is 2.47. The molecule has 0 unspecified atom stereocenters. The first-order valence-electron chi connectivity index (χ1n) is 8.27. The average molecular weight is 420 g/mol. The minimum atomic E-state index is -4.81. The van der Waals surface area contributed by atoms with Crippen LogP contribution >= 0.6 is 0 Å². The molecule has 28 heavy (non-hydrogen) atoms. The Morgan fingerprint density at radius 2 is 1.50 bits per heavy atom. The van der Waals surface area contributed by atoms with Crippen LogP contribution < -0.4 is 69.7 Å². The van der Waals surface area contributed by atoms with E-state index in [0.29, 0.717) is 5.69 Å². The number of benzene rings is 2. The van der Waals surface area contributed by atoms with E-state index in [4.69, 9.17) is 0 Å². The van der Waals surface area contributed by atoms with Gasteiger partial charge in [0.1, 0.15) is 15.9 Å². The van der Waals surface area contributed by atoms with Crippen molar-refractivity contribution in [2.75, 3.05) is 10.6 Å². The Morgan fingerprint density at radius 3 is 1.96 bits per heavy atom. The van der Waals surface area contributed by atoms with Crippen LogP contribution in [0.3, 0.4) is 0 Å². The molecule has 2 N–H and O–H groups in total. The summed E-state index contributed by atoms with van der Waals surface area (Å²) in [6.07, 6.45) is 0. The van der Waals surface area contributed by atoms with Crippen LogP contribution in [0.25, 0.3) is 0 Å². The van der Waals surface area contributed by atoms with Crippen molar-refractivity contribution >= 4 is 27.3 Å². The maximum atomic E-state index is 12.7. The summed E-state index contributed by atoms with van der Waals surface area (Å²) in [6, 6.07) is 12.1. The number of carbonyl (C=O) groups is 1. The molecule has 0 fully saturated rings. The molecule has 0 amide bonds. The zero-order valence-electron chi connectivity index (χ0n) is 17.2. The first kappa shape index (κ1) is 27.6. The van der Waals surface area contributed by atoms with E-state index >= 15 is 0 Å². The van der Waals surface area contributed by atoms with Crippen molar-refractivity contribution in [2.45, 2.75) is 44.7 Å². The summed E-state index contributed by atoms with van der Waals surface area (Å²) in [5.74, 6) is -0.563. The molecular weight excluding hydrogens is 398 g/mol. The van der Waals surface area contributed by atoms with E-state index in [1.54, 1.807) is 24.3 Å². The monoisotopic (exact) mass is 420 g/mol. The minimum absolute atomic E-state index is 0. The van der Waals surface area contributed by atoms with E-state index in [1.165, 1.54) is 12.1 Å². The Bertz CT molecular complexity index is 899. The summed E-state index contributed by atoms with van der Waals surface area (Å²) in [5.41, 5.74) is 1.29. The number of anilines is 2. The van der Waals surface area contributed by atoms with Gasteiger partial charge in [-0.2, -0.15) is 0 Å². The molecule has 140 valence electrons. The quantitative estimate of drug-likeness (QED) is 0.219. The van der Waals surface area contributed by atoms with Gasteiger partial charge in [0.15, 0.2) is 0 Å². The average Bonchev–Trinajstić information content (AvgIpc) is 2.53. The first-order chi connectivity index (χ1) is 12.1. The van der Waals surface area contributed by atoms with Gasteiger partial charge in [0, 0.05) is 17.8 Å². The largest absolute Gasteiger partial charge is 1.00 e. The van der Waals surface area contributed by atoms with Crippen LogP contribution in [-0.4, -0.2) is 30.8 Å². The van der Waals surface area contributed by atoms with Gasteiger partial charge in [-0.3, -0.25) is 0 Å². The second-order valence-corrected chi connectivity index (χ2v) is 7.93. The molecule has 0 aliphatic carbocycles. The molecule has 0 atom stereocenters. The summed E-state index contributed by atoms with van der Waals surface area (Å²) in [4.78, 5) is 12.2. The number of hydrogen-bond acceptors (Lipinski definition) is 6. The van der Waals surface area contributed by atoms with Gasteiger partial charge in [0.2, 0.25) is 0 Å². The SMILES string of the molecule is CC(C)Nc1c[c-]c(C(=O)c2ccc(NC(C)C)cc2S(=O)(=O)[O-])cc1.[Na+].[Na+]. The van der Waals surface area contributed by atoms with Crippen molar-refractivity contribution in [1.29, 1.82) is 0 Å². The molecule has 0 aliphatic heterocycles. The molecule has 0 aromatic heterocycles. The van der Waals surface area contributed by atoms with Crippen LogP contribution in [-0.2, 0) is 10.1 Å². The molecule has 0 bridgehead atoms.